The number of unbranched alkanes of at least 4 members (excludes halogenated alkanes) is 3. The van der Waals surface area contributed by atoms with Crippen LogP contribution in [0, 0.1) is 11.3 Å². The maximum atomic E-state index is 13.2. The van der Waals surface area contributed by atoms with E-state index in [4.69, 9.17) is 0 Å². The Balaban J connectivity index is 2.03. The molecule has 3 aromatic rings. The van der Waals surface area contributed by atoms with Crippen LogP contribution >= 0.6 is 0 Å². The Morgan fingerprint density at radius 1 is 1.15 bits per heavy atom. The maximum absolute atomic E-state index is 13.2. The Morgan fingerprint density at radius 2 is 1.96 bits per heavy atom. The number of fused-ring (bicyclic) bond motifs is 1. The fraction of sp³-hybridized carbons (Fsp3) is 0.261. The first-order valence-corrected chi connectivity index (χ1v) is 10.5. The van der Waals surface area contributed by atoms with Crippen molar-refractivity contribution in [2.75, 3.05) is 0 Å². The van der Waals surface area contributed by atoms with E-state index in [0.717, 1.165) is 29.3 Å². The van der Waals surface area contributed by atoms with Crippen LogP contribution in [0.1, 0.15) is 49.3 Å². The molecule has 0 aliphatic heterocycles. The molecule has 138 valence electrons. The third-order valence-electron chi connectivity index (χ3n) is 4.86. The van der Waals surface area contributed by atoms with Gasteiger partial charge >= 0.3 is 0 Å². The van der Waals surface area contributed by atoms with Gasteiger partial charge in [-0.3, -0.25) is 3.97 Å². The molecule has 0 aliphatic carbocycles. The Kier molecular flexibility index (Phi) is 6.26. The minimum Gasteiger partial charge on any atom is -0.263 e. The molecule has 3 rings (SSSR count). The Labute approximate surface area is 163 Å². The number of nitrogens with zero attached hydrogens (tertiary/aromatic N) is 2. The fourth-order valence-corrected chi connectivity index (χ4v) is 4.65. The van der Waals surface area contributed by atoms with Crippen LogP contribution in [0.2, 0.25) is 0 Å². The molecule has 0 amide bonds. The molecule has 0 saturated carbocycles. The second kappa shape index (κ2) is 8.83. The standard InChI is InChI=1S/C23H24N2OS/c1-3-5-6-7-11-20-18(4-2)13-14-22-21(20)15-16-25(22)27(26)23-12-9-8-10-19(23)17-24/h4,8-10,12-16H,2-3,5-7,11H2,1H3. The van der Waals surface area contributed by atoms with E-state index < -0.39 is 11.0 Å². The summed E-state index contributed by atoms with van der Waals surface area (Å²) in [4.78, 5) is 0.537. The van der Waals surface area contributed by atoms with Crippen molar-refractivity contribution in [2.45, 2.75) is 43.9 Å². The molecule has 3 nitrogen and oxygen atoms in total. The normalized spacial score (nSPS) is 12.0. The Bertz CT molecular complexity index is 1030. The minimum atomic E-state index is -1.46. The van der Waals surface area contributed by atoms with Crippen LogP contribution in [0.25, 0.3) is 17.0 Å². The van der Waals surface area contributed by atoms with Crippen molar-refractivity contribution in [1.82, 2.24) is 3.97 Å². The molecule has 0 aliphatic rings. The molecule has 0 bridgehead atoms. The number of benzene rings is 2. The topological polar surface area (TPSA) is 45.8 Å². The van der Waals surface area contributed by atoms with Crippen LogP contribution in [0.15, 0.2) is 60.1 Å². The van der Waals surface area contributed by atoms with Crippen LogP contribution < -0.4 is 0 Å². The van der Waals surface area contributed by atoms with Gasteiger partial charge in [-0.1, -0.05) is 57.0 Å². The van der Waals surface area contributed by atoms with Crippen LogP contribution in [0.4, 0.5) is 0 Å². The van der Waals surface area contributed by atoms with Gasteiger partial charge in [0.25, 0.3) is 0 Å². The molecule has 0 spiro atoms. The summed E-state index contributed by atoms with van der Waals surface area (Å²) < 4.78 is 14.9. The van der Waals surface area contributed by atoms with E-state index in [2.05, 4.69) is 19.6 Å². The first-order chi connectivity index (χ1) is 13.2. The summed E-state index contributed by atoms with van der Waals surface area (Å²) in [5, 5.41) is 10.4. The first-order valence-electron chi connectivity index (χ1n) is 9.38. The summed E-state index contributed by atoms with van der Waals surface area (Å²) in [5.41, 5.74) is 3.78. The van der Waals surface area contributed by atoms with Crippen molar-refractivity contribution < 1.29 is 4.21 Å². The molecule has 4 heteroatoms. The summed E-state index contributed by atoms with van der Waals surface area (Å²) in [6.45, 7) is 6.16. The number of hydrogen-bond acceptors (Lipinski definition) is 2. The lowest BCUT2D eigenvalue weighted by molar-refractivity contribution is 0.668. The molecular formula is C23H24N2OS. The smallest absolute Gasteiger partial charge is 0.158 e. The SMILES string of the molecule is C=Cc1ccc2c(ccn2S(=O)c2ccccc2C#N)c1CCCCCC. The van der Waals surface area contributed by atoms with Gasteiger partial charge in [0.15, 0.2) is 11.0 Å². The third-order valence-corrected chi connectivity index (χ3v) is 6.27. The average Bonchev–Trinajstić information content (AvgIpc) is 3.14. The molecule has 1 aromatic heterocycles. The summed E-state index contributed by atoms with van der Waals surface area (Å²) in [6.07, 6.45) is 9.56. The monoisotopic (exact) mass is 376 g/mol. The van der Waals surface area contributed by atoms with Crippen molar-refractivity contribution >= 4 is 28.0 Å². The van der Waals surface area contributed by atoms with E-state index in [1.807, 2.05) is 36.5 Å². The van der Waals surface area contributed by atoms with E-state index in [-0.39, 0.29) is 0 Å². The largest absolute Gasteiger partial charge is 0.263 e. The highest BCUT2D eigenvalue weighted by Gasteiger charge is 2.16. The number of aryl methyl sites for hydroxylation is 1. The zero-order chi connectivity index (χ0) is 19.2. The Morgan fingerprint density at radius 3 is 2.70 bits per heavy atom. The van der Waals surface area contributed by atoms with E-state index in [9.17, 15) is 9.47 Å². The molecule has 0 N–H and O–H groups in total. The molecule has 0 fully saturated rings. The number of rotatable bonds is 8. The molecular weight excluding hydrogens is 352 g/mol. The quantitative estimate of drug-likeness (QED) is 0.463. The van der Waals surface area contributed by atoms with Crippen molar-refractivity contribution in [3.8, 4) is 6.07 Å². The van der Waals surface area contributed by atoms with Crippen molar-refractivity contribution in [2.24, 2.45) is 0 Å². The van der Waals surface area contributed by atoms with Gasteiger partial charge < -0.3 is 0 Å². The highest BCUT2D eigenvalue weighted by atomic mass is 32.2. The lowest BCUT2D eigenvalue weighted by atomic mass is 9.97. The molecule has 1 atom stereocenters. The van der Waals surface area contributed by atoms with Crippen LogP contribution in [0.3, 0.4) is 0 Å². The van der Waals surface area contributed by atoms with E-state index in [0.29, 0.717) is 10.5 Å². The number of aromatic nitrogens is 1. The predicted molar refractivity (Wildman–Crippen MR) is 113 cm³/mol. The zero-order valence-electron chi connectivity index (χ0n) is 15.6. The highest BCUT2D eigenvalue weighted by Crippen LogP contribution is 2.28. The van der Waals surface area contributed by atoms with Gasteiger partial charge in [-0.2, -0.15) is 5.26 Å². The third kappa shape index (κ3) is 3.89. The van der Waals surface area contributed by atoms with Gasteiger partial charge in [0.2, 0.25) is 0 Å². The number of nitriles is 1. The molecule has 0 saturated heterocycles. The number of hydrogen-bond donors (Lipinski definition) is 0. The molecule has 0 radical (unpaired) electrons. The van der Waals surface area contributed by atoms with Gasteiger partial charge in [0.1, 0.15) is 6.07 Å². The summed E-state index contributed by atoms with van der Waals surface area (Å²) >= 11 is 0. The van der Waals surface area contributed by atoms with Crippen LogP contribution in [-0.4, -0.2) is 8.18 Å². The average molecular weight is 377 g/mol. The predicted octanol–water partition coefficient (Wildman–Crippen LogP) is 5.85. The first kappa shape index (κ1) is 19.1. The van der Waals surface area contributed by atoms with Gasteiger partial charge in [0, 0.05) is 11.6 Å². The second-order valence-corrected chi connectivity index (χ2v) is 7.91. The fourth-order valence-electron chi connectivity index (χ4n) is 3.43. The molecule has 2 aromatic carbocycles. The van der Waals surface area contributed by atoms with Crippen molar-refractivity contribution in [1.29, 1.82) is 5.26 Å². The minimum absolute atomic E-state index is 0.445. The van der Waals surface area contributed by atoms with Gasteiger partial charge in [-0.15, -0.1) is 0 Å². The lowest BCUT2D eigenvalue weighted by Crippen LogP contribution is -2.05. The second-order valence-electron chi connectivity index (χ2n) is 6.58. The summed E-state index contributed by atoms with van der Waals surface area (Å²) in [5.74, 6) is 0. The lowest BCUT2D eigenvalue weighted by Gasteiger charge is -2.11. The van der Waals surface area contributed by atoms with E-state index in [1.54, 1.807) is 22.2 Å². The van der Waals surface area contributed by atoms with Crippen molar-refractivity contribution in [3.63, 3.8) is 0 Å². The summed E-state index contributed by atoms with van der Waals surface area (Å²) in [6, 6.07) is 15.3. The zero-order valence-corrected chi connectivity index (χ0v) is 16.5. The maximum Gasteiger partial charge on any atom is 0.158 e. The van der Waals surface area contributed by atoms with Crippen LogP contribution in [-0.2, 0) is 17.4 Å². The Hall–Kier alpha value is -2.64. The molecule has 1 heterocycles. The molecule has 1 unspecified atom stereocenters. The van der Waals surface area contributed by atoms with Crippen LogP contribution in [0.5, 0.6) is 0 Å². The highest BCUT2D eigenvalue weighted by molar-refractivity contribution is 7.83. The summed E-state index contributed by atoms with van der Waals surface area (Å²) in [7, 11) is -1.46. The molecule has 27 heavy (non-hydrogen) atoms. The van der Waals surface area contributed by atoms with Gasteiger partial charge in [0.05, 0.1) is 16.0 Å². The van der Waals surface area contributed by atoms with E-state index >= 15 is 0 Å². The van der Waals surface area contributed by atoms with Gasteiger partial charge in [-0.05, 0) is 48.2 Å². The van der Waals surface area contributed by atoms with Crippen molar-refractivity contribution in [3.05, 3.63) is 71.9 Å². The van der Waals surface area contributed by atoms with Gasteiger partial charge in [-0.25, -0.2) is 4.21 Å². The van der Waals surface area contributed by atoms with E-state index in [1.165, 1.54) is 24.8 Å².